The number of rotatable bonds is 13. The molecule has 0 saturated carbocycles. The minimum atomic E-state index is -3.92. The molecule has 3 aromatic carbocycles. The van der Waals surface area contributed by atoms with Crippen LogP contribution in [0.25, 0.3) is 0 Å². The highest BCUT2D eigenvalue weighted by Gasteiger charge is 2.32. The summed E-state index contributed by atoms with van der Waals surface area (Å²) >= 11 is 1.73. The van der Waals surface area contributed by atoms with Gasteiger partial charge in [-0.2, -0.15) is 0 Å². The van der Waals surface area contributed by atoms with Crippen LogP contribution in [0.3, 0.4) is 0 Å². The number of ether oxygens (including phenoxy) is 6. The predicted octanol–water partition coefficient (Wildman–Crippen LogP) is 5.95. The van der Waals surface area contributed by atoms with Gasteiger partial charge in [0.25, 0.3) is 0 Å². The molecule has 1 heterocycles. The normalized spacial score (nSPS) is 16.5. The highest BCUT2D eigenvalue weighted by molar-refractivity contribution is 8.00. The van der Waals surface area contributed by atoms with Gasteiger partial charge in [-0.25, -0.2) is 8.42 Å². The van der Waals surface area contributed by atoms with Gasteiger partial charge in [-0.15, -0.1) is 11.8 Å². The van der Waals surface area contributed by atoms with Crippen molar-refractivity contribution in [3.8, 4) is 28.7 Å². The number of carbonyl (C=O) groups excluding carboxylic acids is 1. The number of carbonyl (C=O) groups is 1. The van der Waals surface area contributed by atoms with Crippen LogP contribution in [0.2, 0.25) is 0 Å². The van der Waals surface area contributed by atoms with Crippen molar-refractivity contribution >= 4 is 27.6 Å². The van der Waals surface area contributed by atoms with E-state index in [1.807, 2.05) is 48.5 Å². The molecule has 9 nitrogen and oxygen atoms in total. The first kappa shape index (κ1) is 31.4. The van der Waals surface area contributed by atoms with Crippen LogP contribution in [-0.4, -0.2) is 55.7 Å². The summed E-state index contributed by atoms with van der Waals surface area (Å²) in [6, 6.07) is 16.6. The van der Waals surface area contributed by atoms with Gasteiger partial charge >= 0.3 is 5.97 Å². The zero-order valence-electron chi connectivity index (χ0n) is 24.4. The molecule has 42 heavy (non-hydrogen) atoms. The van der Waals surface area contributed by atoms with E-state index in [1.54, 1.807) is 39.2 Å². The Bertz CT molecular complexity index is 1460. The summed E-state index contributed by atoms with van der Waals surface area (Å²) in [6.07, 6.45) is 1.39. The molecule has 0 bridgehead atoms. The van der Waals surface area contributed by atoms with E-state index in [9.17, 15) is 13.2 Å². The molecule has 4 rings (SSSR count). The van der Waals surface area contributed by atoms with E-state index < -0.39 is 21.6 Å². The number of methoxy groups -OCH3 is 5. The maximum atomic E-state index is 13.5. The maximum absolute atomic E-state index is 13.5. The van der Waals surface area contributed by atoms with Crippen molar-refractivity contribution < 1.29 is 41.6 Å². The predicted molar refractivity (Wildman–Crippen MR) is 161 cm³/mol. The number of hydrogen-bond donors (Lipinski definition) is 0. The zero-order valence-corrected chi connectivity index (χ0v) is 26.0. The minimum Gasteiger partial charge on any atom is -0.493 e. The molecule has 1 aliphatic heterocycles. The summed E-state index contributed by atoms with van der Waals surface area (Å²) in [4.78, 5) is 12.4. The first-order valence-electron chi connectivity index (χ1n) is 13.4. The highest BCUT2D eigenvalue weighted by atomic mass is 32.2. The van der Waals surface area contributed by atoms with Crippen LogP contribution in [0.5, 0.6) is 28.7 Å². The average molecular weight is 617 g/mol. The quantitative estimate of drug-likeness (QED) is 0.214. The molecule has 0 radical (unpaired) electrons. The number of hydrogen-bond acceptors (Lipinski definition) is 10. The van der Waals surface area contributed by atoms with E-state index in [1.165, 1.54) is 14.2 Å². The third kappa shape index (κ3) is 7.07. The van der Waals surface area contributed by atoms with Crippen LogP contribution in [0, 0.1) is 0 Å². The lowest BCUT2D eigenvalue weighted by atomic mass is 10.0. The largest absolute Gasteiger partial charge is 0.493 e. The molecule has 0 spiro atoms. The lowest BCUT2D eigenvalue weighted by Crippen LogP contribution is -2.15. The van der Waals surface area contributed by atoms with Gasteiger partial charge in [0.05, 0.1) is 47.7 Å². The van der Waals surface area contributed by atoms with Gasteiger partial charge in [0.1, 0.15) is 11.5 Å². The van der Waals surface area contributed by atoms with Crippen molar-refractivity contribution in [2.45, 2.75) is 41.3 Å². The molecule has 0 aliphatic carbocycles. The van der Waals surface area contributed by atoms with Crippen molar-refractivity contribution in [3.63, 3.8) is 0 Å². The number of thioether (sulfide) groups is 1. The van der Waals surface area contributed by atoms with Crippen LogP contribution in [0.4, 0.5) is 0 Å². The number of sulfone groups is 1. The fourth-order valence-electron chi connectivity index (χ4n) is 4.92. The molecular weight excluding hydrogens is 580 g/mol. The van der Waals surface area contributed by atoms with Crippen LogP contribution in [0.1, 0.15) is 46.5 Å². The molecule has 3 aromatic rings. The maximum Gasteiger partial charge on any atom is 0.307 e. The first-order valence-corrected chi connectivity index (χ1v) is 16.0. The van der Waals surface area contributed by atoms with Crippen LogP contribution >= 0.6 is 11.8 Å². The van der Waals surface area contributed by atoms with Crippen molar-refractivity contribution in [2.75, 3.05) is 41.3 Å². The Morgan fingerprint density at radius 1 is 0.762 bits per heavy atom. The Labute approximate surface area is 251 Å². The first-order chi connectivity index (χ1) is 20.2. The third-order valence-electron chi connectivity index (χ3n) is 7.07. The van der Waals surface area contributed by atoms with Gasteiger partial charge in [0.2, 0.25) is 5.75 Å². The summed E-state index contributed by atoms with van der Waals surface area (Å²) < 4.78 is 59.9. The van der Waals surface area contributed by atoms with Crippen molar-refractivity contribution in [3.05, 3.63) is 71.3 Å². The summed E-state index contributed by atoms with van der Waals surface area (Å²) in [5.41, 5.74) is 2.66. The fraction of sp³-hybridized carbons (Fsp3) is 0.387. The van der Waals surface area contributed by atoms with Crippen LogP contribution in [0.15, 0.2) is 59.5 Å². The molecule has 1 saturated heterocycles. The van der Waals surface area contributed by atoms with Crippen molar-refractivity contribution in [2.24, 2.45) is 0 Å². The molecular formula is C31H36O9S2. The van der Waals surface area contributed by atoms with Crippen LogP contribution < -0.4 is 23.7 Å². The molecule has 2 atom stereocenters. The molecule has 0 amide bonds. The molecule has 0 aromatic heterocycles. The Kier molecular flexibility index (Phi) is 10.5. The zero-order chi connectivity index (χ0) is 30.3. The average Bonchev–Trinajstić information content (AvgIpc) is 3.52. The second kappa shape index (κ2) is 14.1. The van der Waals surface area contributed by atoms with Gasteiger partial charge < -0.3 is 28.4 Å². The van der Waals surface area contributed by atoms with Crippen molar-refractivity contribution in [1.29, 1.82) is 0 Å². The Hall–Kier alpha value is -3.57. The smallest absolute Gasteiger partial charge is 0.307 e. The van der Waals surface area contributed by atoms with Gasteiger partial charge in [-0.1, -0.05) is 30.3 Å². The van der Waals surface area contributed by atoms with Crippen molar-refractivity contribution in [1.82, 2.24) is 0 Å². The topological polar surface area (TPSA) is 107 Å². The van der Waals surface area contributed by atoms with E-state index in [2.05, 4.69) is 0 Å². The summed E-state index contributed by atoms with van der Waals surface area (Å²) in [6.45, 7) is 0.0817. The highest BCUT2D eigenvalue weighted by Crippen LogP contribution is 2.55. The standard InChI is InChI=1S/C31H36O9S2/c1-35-23-15-21(16-24(36-2)30(23)38-4)26-11-12-27(41-26)22-17-25(37-3)31(39-5)28(18-22)42(33,34)14-13-29(32)40-19-20-9-7-6-8-10-20/h6-10,15-18,26-27H,11-14,19H2,1-5H3. The molecule has 0 N–H and O–H groups in total. The second-order valence-corrected chi connectivity index (χ2v) is 13.1. The third-order valence-corrected chi connectivity index (χ3v) is 10.5. The van der Waals surface area contributed by atoms with Crippen LogP contribution in [-0.2, 0) is 26.0 Å². The number of benzene rings is 3. The molecule has 1 fully saturated rings. The Morgan fingerprint density at radius 3 is 1.81 bits per heavy atom. The molecule has 11 heteroatoms. The Morgan fingerprint density at radius 2 is 1.29 bits per heavy atom. The van der Waals surface area contributed by atoms with E-state index >= 15 is 0 Å². The van der Waals surface area contributed by atoms with E-state index in [0.29, 0.717) is 23.0 Å². The lowest BCUT2D eigenvalue weighted by molar-refractivity contribution is -0.144. The Balaban J connectivity index is 1.54. The molecule has 2 unspecified atom stereocenters. The monoisotopic (exact) mass is 616 g/mol. The van der Waals surface area contributed by atoms with Gasteiger partial charge in [-0.05, 0) is 53.8 Å². The lowest BCUT2D eigenvalue weighted by Gasteiger charge is -2.19. The van der Waals surface area contributed by atoms with E-state index in [-0.39, 0.29) is 34.2 Å². The van der Waals surface area contributed by atoms with Gasteiger partial charge in [0.15, 0.2) is 32.8 Å². The molecule has 226 valence electrons. The van der Waals surface area contributed by atoms with E-state index in [0.717, 1.165) is 29.5 Å². The number of esters is 1. The summed E-state index contributed by atoms with van der Waals surface area (Å²) in [5, 5.41) is 0.120. The molecule has 1 aliphatic rings. The minimum absolute atomic E-state index is 0.00122. The van der Waals surface area contributed by atoms with Gasteiger partial charge in [-0.3, -0.25) is 4.79 Å². The summed E-state index contributed by atoms with van der Waals surface area (Å²) in [5.74, 6) is 1.11. The fourth-order valence-corrected chi connectivity index (χ4v) is 7.88. The SMILES string of the molecule is COc1cc(C2CCC(c3cc(OC)c(OC)c(S(=O)(=O)CCC(=O)OCc4ccccc4)c3)S2)cc(OC)c1OC. The summed E-state index contributed by atoms with van der Waals surface area (Å²) in [7, 11) is 3.68. The van der Waals surface area contributed by atoms with E-state index in [4.69, 9.17) is 28.4 Å². The van der Waals surface area contributed by atoms with Gasteiger partial charge in [0, 0.05) is 10.5 Å². The second-order valence-electron chi connectivity index (χ2n) is 9.62.